The van der Waals surface area contributed by atoms with Crippen LogP contribution in [0.1, 0.15) is 12.0 Å². The molecular weight excluding hydrogens is 190 g/mol. The standard InChI is InChI=1S/C11H13N3O/c12-6-8-5-9(13)1-2-11(8)14-10-3-4-15-7-10/h1-2,5,10,14H,3-4,7,13H2. The summed E-state index contributed by atoms with van der Waals surface area (Å²) in [5.41, 5.74) is 7.64. The molecule has 1 aromatic rings. The minimum Gasteiger partial charge on any atom is -0.399 e. The third-order valence-electron chi connectivity index (χ3n) is 2.45. The number of nitriles is 1. The number of anilines is 2. The first kappa shape index (κ1) is 9.81. The molecule has 0 aliphatic carbocycles. The van der Waals surface area contributed by atoms with Gasteiger partial charge in [-0.3, -0.25) is 0 Å². The van der Waals surface area contributed by atoms with Crippen LogP contribution in [0.3, 0.4) is 0 Å². The molecule has 1 saturated heterocycles. The summed E-state index contributed by atoms with van der Waals surface area (Å²) in [4.78, 5) is 0. The van der Waals surface area contributed by atoms with Crippen LogP contribution in [0.15, 0.2) is 18.2 Å². The molecule has 78 valence electrons. The minimum atomic E-state index is 0.306. The number of nitrogens with one attached hydrogen (secondary N) is 1. The molecule has 1 unspecified atom stereocenters. The van der Waals surface area contributed by atoms with Crippen LogP contribution in [0, 0.1) is 11.3 Å². The zero-order valence-electron chi connectivity index (χ0n) is 8.36. The van der Waals surface area contributed by atoms with Crippen LogP contribution in [0.5, 0.6) is 0 Å². The molecule has 1 atom stereocenters. The maximum Gasteiger partial charge on any atom is 0.101 e. The number of benzene rings is 1. The molecule has 15 heavy (non-hydrogen) atoms. The second-order valence-corrected chi connectivity index (χ2v) is 3.62. The second-order valence-electron chi connectivity index (χ2n) is 3.62. The van der Waals surface area contributed by atoms with Crippen LogP contribution in [0.25, 0.3) is 0 Å². The lowest BCUT2D eigenvalue weighted by atomic mass is 10.1. The van der Waals surface area contributed by atoms with Crippen molar-refractivity contribution < 1.29 is 4.74 Å². The SMILES string of the molecule is N#Cc1cc(N)ccc1NC1CCOC1. The van der Waals surface area contributed by atoms with E-state index >= 15 is 0 Å². The lowest BCUT2D eigenvalue weighted by Crippen LogP contribution is -2.19. The summed E-state index contributed by atoms with van der Waals surface area (Å²) in [5, 5.41) is 12.2. The highest BCUT2D eigenvalue weighted by molar-refractivity contribution is 5.63. The van der Waals surface area contributed by atoms with Crippen molar-refractivity contribution in [3.05, 3.63) is 23.8 Å². The van der Waals surface area contributed by atoms with E-state index in [-0.39, 0.29) is 0 Å². The average Bonchev–Trinajstić information content (AvgIpc) is 2.73. The van der Waals surface area contributed by atoms with Crippen LogP contribution < -0.4 is 11.1 Å². The predicted octanol–water partition coefficient (Wildman–Crippen LogP) is 1.34. The van der Waals surface area contributed by atoms with Gasteiger partial charge < -0.3 is 15.8 Å². The zero-order chi connectivity index (χ0) is 10.7. The first-order valence-corrected chi connectivity index (χ1v) is 4.93. The molecule has 0 amide bonds. The van der Waals surface area contributed by atoms with Crippen molar-refractivity contribution in [2.24, 2.45) is 0 Å². The van der Waals surface area contributed by atoms with Gasteiger partial charge in [0.1, 0.15) is 6.07 Å². The van der Waals surface area contributed by atoms with Gasteiger partial charge in [0.05, 0.1) is 23.9 Å². The van der Waals surface area contributed by atoms with Crippen LogP contribution in [-0.4, -0.2) is 19.3 Å². The van der Waals surface area contributed by atoms with E-state index in [2.05, 4.69) is 11.4 Å². The fourth-order valence-corrected chi connectivity index (χ4v) is 1.65. The predicted molar refractivity (Wildman–Crippen MR) is 58.4 cm³/mol. The van der Waals surface area contributed by atoms with E-state index in [1.54, 1.807) is 12.1 Å². The summed E-state index contributed by atoms with van der Waals surface area (Å²) in [5.74, 6) is 0. The maximum absolute atomic E-state index is 8.94. The van der Waals surface area contributed by atoms with Gasteiger partial charge in [-0.05, 0) is 24.6 Å². The van der Waals surface area contributed by atoms with E-state index in [9.17, 15) is 0 Å². The average molecular weight is 203 g/mol. The Bertz CT molecular complexity index is 391. The number of nitrogens with two attached hydrogens (primary N) is 1. The smallest absolute Gasteiger partial charge is 0.101 e. The first-order chi connectivity index (χ1) is 7.29. The Morgan fingerprint density at radius 3 is 3.07 bits per heavy atom. The van der Waals surface area contributed by atoms with Crippen molar-refractivity contribution in [1.29, 1.82) is 5.26 Å². The second kappa shape index (κ2) is 4.20. The highest BCUT2D eigenvalue weighted by Crippen LogP contribution is 2.20. The Labute approximate surface area is 88.6 Å². The van der Waals surface area contributed by atoms with Gasteiger partial charge >= 0.3 is 0 Å². The summed E-state index contributed by atoms with van der Waals surface area (Å²) in [6.45, 7) is 1.49. The Hall–Kier alpha value is -1.73. The van der Waals surface area contributed by atoms with Gasteiger partial charge in [0.15, 0.2) is 0 Å². The van der Waals surface area contributed by atoms with Gasteiger partial charge in [0, 0.05) is 12.3 Å². The molecule has 2 rings (SSSR count). The van der Waals surface area contributed by atoms with E-state index in [1.807, 2.05) is 6.07 Å². The van der Waals surface area contributed by atoms with Gasteiger partial charge in [0.25, 0.3) is 0 Å². The van der Waals surface area contributed by atoms with Crippen molar-refractivity contribution in [3.8, 4) is 6.07 Å². The van der Waals surface area contributed by atoms with Crippen molar-refractivity contribution in [2.75, 3.05) is 24.3 Å². The lowest BCUT2D eigenvalue weighted by Gasteiger charge is -2.13. The summed E-state index contributed by atoms with van der Waals surface area (Å²) >= 11 is 0. The molecule has 0 saturated carbocycles. The normalized spacial score (nSPS) is 19.8. The molecule has 0 radical (unpaired) electrons. The number of nitrogen functional groups attached to an aromatic ring is 1. The number of hydrogen-bond acceptors (Lipinski definition) is 4. The summed E-state index contributed by atoms with van der Waals surface area (Å²) in [7, 11) is 0. The van der Waals surface area contributed by atoms with E-state index in [4.69, 9.17) is 15.7 Å². The molecule has 1 heterocycles. The molecule has 1 aromatic carbocycles. The third-order valence-corrected chi connectivity index (χ3v) is 2.45. The van der Waals surface area contributed by atoms with Crippen molar-refractivity contribution >= 4 is 11.4 Å². The molecule has 4 heteroatoms. The van der Waals surface area contributed by atoms with Crippen molar-refractivity contribution in [2.45, 2.75) is 12.5 Å². The Morgan fingerprint density at radius 1 is 1.53 bits per heavy atom. The molecule has 3 N–H and O–H groups in total. The lowest BCUT2D eigenvalue weighted by molar-refractivity contribution is 0.195. The molecule has 1 aliphatic rings. The first-order valence-electron chi connectivity index (χ1n) is 4.93. The van der Waals surface area contributed by atoms with Gasteiger partial charge in [-0.25, -0.2) is 0 Å². The summed E-state index contributed by atoms with van der Waals surface area (Å²) < 4.78 is 5.26. The van der Waals surface area contributed by atoms with Crippen LogP contribution in [0.4, 0.5) is 11.4 Å². The molecule has 0 aromatic heterocycles. The molecule has 1 fully saturated rings. The zero-order valence-corrected chi connectivity index (χ0v) is 8.36. The minimum absolute atomic E-state index is 0.306. The topological polar surface area (TPSA) is 71.1 Å². The van der Waals surface area contributed by atoms with Crippen LogP contribution in [-0.2, 0) is 4.74 Å². The fraction of sp³-hybridized carbons (Fsp3) is 0.364. The van der Waals surface area contributed by atoms with Gasteiger partial charge in [0.2, 0.25) is 0 Å². The summed E-state index contributed by atoms with van der Waals surface area (Å²) in [6, 6.07) is 7.74. The summed E-state index contributed by atoms with van der Waals surface area (Å²) in [6.07, 6.45) is 0.981. The Morgan fingerprint density at radius 2 is 2.40 bits per heavy atom. The van der Waals surface area contributed by atoms with Crippen molar-refractivity contribution in [1.82, 2.24) is 0 Å². The van der Waals surface area contributed by atoms with E-state index in [1.165, 1.54) is 0 Å². The highest BCUT2D eigenvalue weighted by atomic mass is 16.5. The number of hydrogen-bond donors (Lipinski definition) is 2. The van der Waals surface area contributed by atoms with Gasteiger partial charge in [-0.1, -0.05) is 0 Å². The molecule has 0 spiro atoms. The number of ether oxygens (including phenoxy) is 1. The highest BCUT2D eigenvalue weighted by Gasteiger charge is 2.16. The third kappa shape index (κ3) is 2.20. The van der Waals surface area contributed by atoms with Gasteiger partial charge in [-0.15, -0.1) is 0 Å². The van der Waals surface area contributed by atoms with Crippen LogP contribution >= 0.6 is 0 Å². The molecule has 0 bridgehead atoms. The monoisotopic (exact) mass is 203 g/mol. The van der Waals surface area contributed by atoms with Crippen LogP contribution in [0.2, 0.25) is 0 Å². The van der Waals surface area contributed by atoms with E-state index in [0.29, 0.717) is 23.9 Å². The van der Waals surface area contributed by atoms with E-state index in [0.717, 1.165) is 18.7 Å². The molecular formula is C11H13N3O. The Kier molecular flexibility index (Phi) is 2.75. The maximum atomic E-state index is 8.94. The van der Waals surface area contributed by atoms with E-state index < -0.39 is 0 Å². The van der Waals surface area contributed by atoms with Gasteiger partial charge in [-0.2, -0.15) is 5.26 Å². The molecule has 4 nitrogen and oxygen atoms in total. The Balaban J connectivity index is 2.16. The number of rotatable bonds is 2. The quantitative estimate of drug-likeness (QED) is 0.711. The largest absolute Gasteiger partial charge is 0.399 e. The molecule has 1 aliphatic heterocycles. The number of nitrogens with zero attached hydrogens (tertiary/aromatic N) is 1. The fourth-order valence-electron chi connectivity index (χ4n) is 1.65. The van der Waals surface area contributed by atoms with Crippen molar-refractivity contribution in [3.63, 3.8) is 0 Å².